The second kappa shape index (κ2) is 6.90. The number of phenols is 1. The second-order valence-electron chi connectivity index (χ2n) is 6.34. The maximum atomic E-state index is 14.5. The average Bonchev–Trinajstić information content (AvgIpc) is 3.31. The summed E-state index contributed by atoms with van der Waals surface area (Å²) < 4.78 is 33.3. The molecule has 4 rings (SSSR count). The highest BCUT2D eigenvalue weighted by Crippen LogP contribution is 2.43. The minimum absolute atomic E-state index is 0.147. The lowest BCUT2D eigenvalue weighted by Crippen LogP contribution is -2.31. The third kappa shape index (κ3) is 3.04. The summed E-state index contributed by atoms with van der Waals surface area (Å²) in [6.45, 7) is 0. The Balaban J connectivity index is 1.94. The van der Waals surface area contributed by atoms with Crippen LogP contribution in [0.5, 0.6) is 5.75 Å². The number of carbonyl (C=O) groups excluding carboxylic acids is 2. The van der Waals surface area contributed by atoms with Crippen LogP contribution >= 0.6 is 0 Å². The number of benzene rings is 2. The van der Waals surface area contributed by atoms with E-state index in [0.717, 1.165) is 23.1 Å². The van der Waals surface area contributed by atoms with Crippen molar-refractivity contribution in [3.8, 4) is 5.75 Å². The summed E-state index contributed by atoms with van der Waals surface area (Å²) in [5.41, 5.74) is -0.627. The van der Waals surface area contributed by atoms with Gasteiger partial charge in [0.1, 0.15) is 17.4 Å². The molecule has 2 heterocycles. The quantitative estimate of drug-likeness (QED) is 0.649. The molecule has 146 valence electrons. The zero-order valence-electron chi connectivity index (χ0n) is 14.7. The van der Waals surface area contributed by atoms with Crippen molar-refractivity contribution in [1.82, 2.24) is 0 Å². The third-order valence-electron chi connectivity index (χ3n) is 4.55. The number of anilines is 1. The predicted octanol–water partition coefficient (Wildman–Crippen LogP) is 4.05. The number of carbonyl (C=O) groups is 2. The van der Waals surface area contributed by atoms with Gasteiger partial charge in [-0.3, -0.25) is 14.5 Å². The molecule has 0 saturated carbocycles. The summed E-state index contributed by atoms with van der Waals surface area (Å²) in [7, 11) is 0. The predicted molar refractivity (Wildman–Crippen MR) is 97.4 cm³/mol. The van der Waals surface area contributed by atoms with E-state index in [2.05, 4.69) is 0 Å². The molecule has 1 unspecified atom stereocenters. The molecule has 0 aliphatic carbocycles. The molecule has 1 amide bonds. The number of aliphatic hydroxyl groups is 1. The maximum Gasteiger partial charge on any atom is 0.294 e. The Bertz CT molecular complexity index is 1150. The van der Waals surface area contributed by atoms with E-state index in [0.29, 0.717) is 0 Å². The molecule has 2 aromatic carbocycles. The molecule has 0 fully saturated rings. The van der Waals surface area contributed by atoms with Crippen LogP contribution in [0.1, 0.15) is 22.2 Å². The fraction of sp³-hybridized carbons (Fsp3) is 0.0476. The lowest BCUT2D eigenvalue weighted by atomic mass is 9.94. The van der Waals surface area contributed by atoms with E-state index in [9.17, 15) is 28.6 Å². The second-order valence-corrected chi connectivity index (χ2v) is 6.34. The van der Waals surface area contributed by atoms with Gasteiger partial charge in [-0.1, -0.05) is 12.1 Å². The number of halogens is 2. The van der Waals surface area contributed by atoms with Gasteiger partial charge in [0, 0.05) is 6.07 Å². The van der Waals surface area contributed by atoms with E-state index < -0.39 is 40.8 Å². The summed E-state index contributed by atoms with van der Waals surface area (Å²) in [4.78, 5) is 26.5. The van der Waals surface area contributed by atoms with Crippen molar-refractivity contribution >= 4 is 17.4 Å². The number of phenolic OH excluding ortho intramolecular Hbond substituents is 1. The highest BCUT2D eigenvalue weighted by molar-refractivity contribution is 6.20. The zero-order chi connectivity index (χ0) is 20.7. The minimum atomic E-state index is -1.32. The van der Waals surface area contributed by atoms with Crippen molar-refractivity contribution in [3.05, 3.63) is 95.2 Å². The number of hydrogen-bond donors (Lipinski definition) is 2. The number of rotatable bonds is 4. The molecule has 0 bridgehead atoms. The maximum absolute atomic E-state index is 14.5. The normalized spacial score (nSPS) is 16.6. The van der Waals surface area contributed by atoms with Crippen LogP contribution in [0.2, 0.25) is 0 Å². The van der Waals surface area contributed by atoms with Crippen LogP contribution < -0.4 is 4.90 Å². The lowest BCUT2D eigenvalue weighted by Gasteiger charge is -2.27. The molecular weight excluding hydrogens is 384 g/mol. The molecule has 1 aliphatic rings. The summed E-state index contributed by atoms with van der Waals surface area (Å²) in [5.74, 6) is -4.86. The van der Waals surface area contributed by atoms with E-state index in [1.165, 1.54) is 42.7 Å². The first-order chi connectivity index (χ1) is 13.9. The topological polar surface area (TPSA) is 91.0 Å². The molecule has 2 N–H and O–H groups in total. The van der Waals surface area contributed by atoms with Crippen LogP contribution in [-0.2, 0) is 4.79 Å². The van der Waals surface area contributed by atoms with Crippen molar-refractivity contribution < 1.29 is 33.0 Å². The molecule has 6 nitrogen and oxygen atoms in total. The van der Waals surface area contributed by atoms with Gasteiger partial charge in [-0.15, -0.1) is 0 Å². The summed E-state index contributed by atoms with van der Waals surface area (Å²) in [6.07, 6.45) is 1.25. The fourth-order valence-corrected chi connectivity index (χ4v) is 3.31. The first-order valence-corrected chi connectivity index (χ1v) is 8.47. The highest BCUT2D eigenvalue weighted by Gasteiger charge is 2.46. The average molecular weight is 397 g/mol. The van der Waals surface area contributed by atoms with E-state index in [1.54, 1.807) is 0 Å². The molecule has 0 saturated heterocycles. The van der Waals surface area contributed by atoms with Crippen molar-refractivity contribution in [2.45, 2.75) is 6.04 Å². The lowest BCUT2D eigenvalue weighted by molar-refractivity contribution is -0.117. The van der Waals surface area contributed by atoms with Crippen molar-refractivity contribution in [1.29, 1.82) is 0 Å². The number of amides is 1. The summed E-state index contributed by atoms with van der Waals surface area (Å²) in [6, 6.07) is 9.55. The fourth-order valence-electron chi connectivity index (χ4n) is 3.31. The van der Waals surface area contributed by atoms with Crippen LogP contribution in [0.15, 0.2) is 76.6 Å². The van der Waals surface area contributed by atoms with Gasteiger partial charge in [-0.25, -0.2) is 8.78 Å². The Hall–Kier alpha value is -3.94. The van der Waals surface area contributed by atoms with Gasteiger partial charge in [0.15, 0.2) is 11.5 Å². The number of ketones is 1. The number of nitrogens with zero attached hydrogens (tertiary/aromatic N) is 1. The number of aromatic hydroxyl groups is 1. The van der Waals surface area contributed by atoms with Gasteiger partial charge in [-0.05, 0) is 42.0 Å². The van der Waals surface area contributed by atoms with Crippen LogP contribution in [0.25, 0.3) is 0 Å². The van der Waals surface area contributed by atoms with Gasteiger partial charge < -0.3 is 14.6 Å². The van der Waals surface area contributed by atoms with Gasteiger partial charge in [-0.2, -0.15) is 0 Å². The van der Waals surface area contributed by atoms with Crippen LogP contribution in [0, 0.1) is 11.6 Å². The monoisotopic (exact) mass is 397 g/mol. The van der Waals surface area contributed by atoms with Crippen molar-refractivity contribution in [3.63, 3.8) is 0 Å². The Morgan fingerprint density at radius 2 is 1.83 bits per heavy atom. The first-order valence-electron chi connectivity index (χ1n) is 8.47. The molecule has 3 aromatic rings. The summed E-state index contributed by atoms with van der Waals surface area (Å²) >= 11 is 0. The van der Waals surface area contributed by atoms with Crippen LogP contribution in [0.4, 0.5) is 14.5 Å². The largest absolute Gasteiger partial charge is 0.508 e. The number of aliphatic hydroxyl groups excluding tert-OH is 1. The van der Waals surface area contributed by atoms with E-state index in [1.807, 2.05) is 0 Å². The number of hydrogen-bond acceptors (Lipinski definition) is 5. The van der Waals surface area contributed by atoms with Crippen molar-refractivity contribution in [2.24, 2.45) is 0 Å². The smallest absolute Gasteiger partial charge is 0.294 e. The van der Waals surface area contributed by atoms with E-state index in [-0.39, 0.29) is 22.6 Å². The molecule has 0 spiro atoms. The highest BCUT2D eigenvalue weighted by atomic mass is 19.1. The van der Waals surface area contributed by atoms with Gasteiger partial charge in [0.25, 0.3) is 5.91 Å². The molecule has 1 aliphatic heterocycles. The minimum Gasteiger partial charge on any atom is -0.508 e. The standard InChI is InChI=1S/C21H13F2NO5/c22-12-6-7-14(23)15(10-12)24-18(11-3-1-4-13(25)9-11)17(20(27)21(24)28)19(26)16-5-2-8-29-16/h1-10,18,25,27H. The Labute approximate surface area is 162 Å². The zero-order valence-corrected chi connectivity index (χ0v) is 14.7. The van der Waals surface area contributed by atoms with E-state index in [4.69, 9.17) is 4.42 Å². The Morgan fingerprint density at radius 3 is 2.52 bits per heavy atom. The molecule has 0 radical (unpaired) electrons. The first kappa shape index (κ1) is 18.4. The van der Waals surface area contributed by atoms with Gasteiger partial charge in [0.2, 0.25) is 5.78 Å². The van der Waals surface area contributed by atoms with Crippen molar-refractivity contribution in [2.75, 3.05) is 4.90 Å². The Kier molecular flexibility index (Phi) is 4.38. The summed E-state index contributed by atoms with van der Waals surface area (Å²) in [5, 5.41) is 20.3. The third-order valence-corrected chi connectivity index (χ3v) is 4.55. The number of Topliss-reactive ketones (excluding diaryl/α,β-unsaturated/α-hetero) is 1. The SMILES string of the molecule is O=C(C1=C(O)C(=O)N(c2cc(F)ccc2F)C1c1cccc(O)c1)c1ccco1. The van der Waals surface area contributed by atoms with Crippen LogP contribution in [-0.4, -0.2) is 21.9 Å². The molecule has 1 atom stereocenters. The Morgan fingerprint density at radius 1 is 1.03 bits per heavy atom. The number of furan rings is 1. The molecule has 1 aromatic heterocycles. The van der Waals surface area contributed by atoms with Crippen LogP contribution in [0.3, 0.4) is 0 Å². The molecular formula is C21H13F2NO5. The van der Waals surface area contributed by atoms with Gasteiger partial charge >= 0.3 is 0 Å². The molecule has 29 heavy (non-hydrogen) atoms. The molecule has 8 heteroatoms. The van der Waals surface area contributed by atoms with E-state index >= 15 is 0 Å². The van der Waals surface area contributed by atoms with Gasteiger partial charge in [0.05, 0.1) is 23.6 Å².